The van der Waals surface area contributed by atoms with Gasteiger partial charge >= 0.3 is 12.0 Å². The highest BCUT2D eigenvalue weighted by Crippen LogP contribution is 2.54. The van der Waals surface area contributed by atoms with Gasteiger partial charge in [-0.25, -0.2) is 13.6 Å². The minimum atomic E-state index is -0.556. The van der Waals surface area contributed by atoms with Crippen LogP contribution in [-0.4, -0.2) is 129 Å². The summed E-state index contributed by atoms with van der Waals surface area (Å²) in [5.74, 6) is 0.0178. The van der Waals surface area contributed by atoms with E-state index < -0.39 is 11.8 Å². The Bertz CT molecular complexity index is 3190. The number of phenols is 1. The molecule has 382 valence electrons. The number of anilines is 2. The highest BCUT2D eigenvalue weighted by molar-refractivity contribution is 6.09. The van der Waals surface area contributed by atoms with Gasteiger partial charge in [0, 0.05) is 74.7 Å². The number of hydrogen-bond acceptors (Lipinski definition) is 12. The monoisotopic (exact) mass is 995 g/mol. The number of carbonyl (C=O) groups excluding carboxylic acids is 2. The molecule has 2 N–H and O–H groups in total. The number of hydrogen-bond donors (Lipinski definition) is 2. The van der Waals surface area contributed by atoms with E-state index in [2.05, 4.69) is 32.0 Å². The number of ether oxygens (including phenoxy) is 2. The lowest BCUT2D eigenvalue weighted by atomic mass is 9.59. The van der Waals surface area contributed by atoms with Gasteiger partial charge in [-0.1, -0.05) is 25.1 Å². The summed E-state index contributed by atoms with van der Waals surface area (Å²) in [6.07, 6.45) is 14.3. The van der Waals surface area contributed by atoms with Crippen molar-refractivity contribution in [3.63, 3.8) is 0 Å². The van der Waals surface area contributed by atoms with E-state index in [1.807, 2.05) is 31.3 Å². The van der Waals surface area contributed by atoms with Crippen LogP contribution in [0.4, 0.5) is 25.2 Å². The molecule has 1 atom stereocenters. The molecule has 3 amide bonds. The molecule has 3 aromatic carbocycles. The lowest BCUT2D eigenvalue weighted by Gasteiger charge is -2.56. The Morgan fingerprint density at radius 3 is 2.47 bits per heavy atom. The number of piperidine rings is 3. The molecule has 2 spiro atoms. The van der Waals surface area contributed by atoms with Crippen molar-refractivity contribution in [2.24, 2.45) is 17.9 Å². The SMILES string of the molecule is CCc1cccc2cc(O)cc(-c3ncc4c(N5CCC[C@]6(CCO6)C5)nc(OCC5(CN6CCC7(CC6)CC(N6CCC(c8cc9c(cc8F)c(N8CCC(=O)NC8=O)nn9C)CC6)C7)CC5)nc4c3F)c12. The van der Waals surface area contributed by atoms with Gasteiger partial charge in [0.2, 0.25) is 5.91 Å². The highest BCUT2D eigenvalue weighted by atomic mass is 19.1. The van der Waals surface area contributed by atoms with Crippen molar-refractivity contribution in [3.05, 3.63) is 71.4 Å². The fourth-order valence-electron chi connectivity index (χ4n) is 13.6. The molecule has 5 saturated heterocycles. The average molecular weight is 995 g/mol. The third-order valence-electron chi connectivity index (χ3n) is 18.2. The minimum absolute atomic E-state index is 0.00206. The summed E-state index contributed by atoms with van der Waals surface area (Å²) in [7, 11) is 1.81. The van der Waals surface area contributed by atoms with Crippen LogP contribution in [0.5, 0.6) is 11.8 Å². The van der Waals surface area contributed by atoms with Crippen molar-refractivity contribution >= 4 is 56.2 Å². The van der Waals surface area contributed by atoms with Gasteiger partial charge in [0.05, 0.1) is 29.7 Å². The summed E-state index contributed by atoms with van der Waals surface area (Å²) in [6.45, 7) is 9.91. The van der Waals surface area contributed by atoms with Crippen LogP contribution in [0.1, 0.15) is 101 Å². The van der Waals surface area contributed by atoms with Gasteiger partial charge in [-0.15, -0.1) is 0 Å². The first-order valence-corrected chi connectivity index (χ1v) is 26.7. The first-order chi connectivity index (χ1) is 35.4. The zero-order valence-electron chi connectivity index (χ0n) is 41.9. The molecule has 3 aromatic heterocycles. The number of nitrogens with zero attached hydrogens (tertiary/aromatic N) is 9. The Morgan fingerprint density at radius 2 is 1.73 bits per heavy atom. The summed E-state index contributed by atoms with van der Waals surface area (Å²) >= 11 is 0. The molecule has 13 rings (SSSR count). The second kappa shape index (κ2) is 17.8. The number of aryl methyl sites for hydroxylation is 2. The van der Waals surface area contributed by atoms with Crippen molar-refractivity contribution in [2.75, 3.05) is 75.4 Å². The Balaban J connectivity index is 0.653. The maximum atomic E-state index is 17.3. The zero-order valence-corrected chi connectivity index (χ0v) is 41.9. The van der Waals surface area contributed by atoms with Gasteiger partial charge in [0.1, 0.15) is 28.6 Å². The van der Waals surface area contributed by atoms with E-state index in [1.54, 1.807) is 23.0 Å². The van der Waals surface area contributed by atoms with Crippen molar-refractivity contribution in [3.8, 4) is 23.0 Å². The molecule has 8 heterocycles. The number of pyridine rings is 1. The largest absolute Gasteiger partial charge is 0.508 e. The number of benzene rings is 3. The molecular formula is C56H64F2N10O5. The molecule has 0 radical (unpaired) electrons. The number of likely N-dealkylation sites (tertiary alicyclic amines) is 2. The Morgan fingerprint density at radius 1 is 0.918 bits per heavy atom. The molecule has 15 nitrogen and oxygen atoms in total. The number of nitrogens with one attached hydrogen (secondary N) is 1. The van der Waals surface area contributed by atoms with Crippen molar-refractivity contribution < 1.29 is 33.0 Å². The smallest absolute Gasteiger partial charge is 0.329 e. The number of phenolic OH excluding ortho intramolecular Hbond substituents is 1. The van der Waals surface area contributed by atoms with Crippen LogP contribution in [-0.2, 0) is 23.0 Å². The number of amides is 3. The lowest BCUT2D eigenvalue weighted by Crippen LogP contribution is -2.56. The number of aromatic nitrogens is 5. The van der Waals surface area contributed by atoms with E-state index in [0.29, 0.717) is 58.1 Å². The summed E-state index contributed by atoms with van der Waals surface area (Å²) in [6, 6.07) is 12.9. The standard InChI is InChI=1S/C56H64F2N10O5/c1-3-34-6-4-7-36-24-38(69)25-41(46(34)36)48-47(58)49-42(30-59-48)50(67-17-5-11-56(32-67)16-23-73-56)62-52(61-49)72-33-55(12-13-55)31-65-21-14-54(15-22-65)28-37(29-54)66-18-8-35(9-19-66)39-27-44-40(26-43(39)57)51(63-64(44)2)68-20-10-45(70)60-53(68)71/h4,6-7,24-27,30,35,37,69H,3,5,8-23,28-29,31-33H2,1-2H3,(H,60,70,71)/t56-/m0/s1. The second-order valence-electron chi connectivity index (χ2n) is 22.7. The number of rotatable bonds is 11. The Labute approximate surface area is 423 Å². The average Bonchev–Trinajstić information content (AvgIpc) is 4.07. The minimum Gasteiger partial charge on any atom is -0.508 e. The quantitative estimate of drug-likeness (QED) is 0.128. The fourth-order valence-corrected chi connectivity index (χ4v) is 13.6. The van der Waals surface area contributed by atoms with Crippen LogP contribution in [0.15, 0.2) is 48.7 Å². The van der Waals surface area contributed by atoms with E-state index in [4.69, 9.17) is 24.4 Å². The molecule has 7 fully saturated rings. The van der Waals surface area contributed by atoms with Crippen LogP contribution < -0.4 is 19.9 Å². The number of halogens is 2. The topological polar surface area (TPSA) is 154 Å². The number of carbonyl (C=O) groups is 2. The lowest BCUT2D eigenvalue weighted by molar-refractivity contribution is -0.151. The maximum absolute atomic E-state index is 17.3. The number of fused-ring (bicyclic) bond motifs is 3. The highest BCUT2D eigenvalue weighted by Gasteiger charge is 2.51. The predicted octanol–water partition coefficient (Wildman–Crippen LogP) is 8.77. The number of imide groups is 1. The summed E-state index contributed by atoms with van der Waals surface area (Å²) in [5.41, 5.74) is 3.55. The number of aromatic hydroxyl groups is 1. The molecule has 0 unspecified atom stereocenters. The molecule has 5 aliphatic heterocycles. The number of urea groups is 1. The van der Waals surface area contributed by atoms with Gasteiger partial charge in [0.15, 0.2) is 11.6 Å². The predicted molar refractivity (Wildman–Crippen MR) is 274 cm³/mol. The van der Waals surface area contributed by atoms with Gasteiger partial charge in [-0.3, -0.25) is 24.7 Å². The molecule has 0 bridgehead atoms. The molecule has 6 aromatic rings. The Hall–Kier alpha value is -6.04. The molecule has 7 aliphatic rings. The first kappa shape index (κ1) is 46.7. The van der Waals surface area contributed by atoms with Crippen LogP contribution in [0, 0.1) is 22.5 Å². The molecule has 73 heavy (non-hydrogen) atoms. The van der Waals surface area contributed by atoms with Gasteiger partial charge in [-0.05, 0) is 154 Å². The van der Waals surface area contributed by atoms with Crippen LogP contribution >= 0.6 is 0 Å². The molecule has 17 heteroatoms. The van der Waals surface area contributed by atoms with Gasteiger partial charge < -0.3 is 29.3 Å². The van der Waals surface area contributed by atoms with Crippen molar-refractivity contribution in [2.45, 2.75) is 108 Å². The second-order valence-corrected chi connectivity index (χ2v) is 22.7. The summed E-state index contributed by atoms with van der Waals surface area (Å²) in [4.78, 5) is 47.8. The summed E-state index contributed by atoms with van der Waals surface area (Å²) < 4.78 is 47.6. The zero-order chi connectivity index (χ0) is 49.8. The van der Waals surface area contributed by atoms with E-state index in [0.717, 1.165) is 119 Å². The normalized spacial score (nSPS) is 23.7. The summed E-state index contributed by atoms with van der Waals surface area (Å²) in [5, 5.41) is 20.5. The van der Waals surface area contributed by atoms with E-state index >= 15 is 8.78 Å². The Kier molecular flexibility index (Phi) is 11.4. The molecular weight excluding hydrogens is 931 g/mol. The van der Waals surface area contributed by atoms with Gasteiger partial charge in [0.25, 0.3) is 0 Å². The molecule has 2 aliphatic carbocycles. The van der Waals surface area contributed by atoms with E-state index in [9.17, 15) is 14.7 Å². The first-order valence-electron chi connectivity index (χ1n) is 26.7. The maximum Gasteiger partial charge on any atom is 0.329 e. The fraction of sp³-hybridized carbons (Fsp3) is 0.536. The van der Waals surface area contributed by atoms with E-state index in [-0.39, 0.29) is 64.6 Å². The van der Waals surface area contributed by atoms with Crippen LogP contribution in [0.2, 0.25) is 0 Å². The van der Waals surface area contributed by atoms with Gasteiger partial charge in [-0.2, -0.15) is 15.1 Å². The van der Waals surface area contributed by atoms with Crippen LogP contribution in [0.3, 0.4) is 0 Å². The molecule has 2 saturated carbocycles. The third-order valence-corrected chi connectivity index (χ3v) is 18.2. The van der Waals surface area contributed by atoms with E-state index in [1.165, 1.54) is 36.6 Å². The van der Waals surface area contributed by atoms with Crippen molar-refractivity contribution in [1.82, 2.24) is 39.8 Å². The van der Waals surface area contributed by atoms with Crippen molar-refractivity contribution in [1.29, 1.82) is 0 Å². The third kappa shape index (κ3) is 8.33. The van der Waals surface area contributed by atoms with Crippen LogP contribution in [0.25, 0.3) is 43.8 Å².